The van der Waals surface area contributed by atoms with Crippen molar-refractivity contribution in [2.45, 2.75) is 255 Å². The van der Waals surface area contributed by atoms with E-state index in [1.165, 1.54) is 68.0 Å². The number of carbonyl (C=O) groups excluding carboxylic acids is 17. The van der Waals surface area contributed by atoms with E-state index in [4.69, 9.17) is 22.2 Å². The first-order valence-corrected chi connectivity index (χ1v) is 51.7. The van der Waals surface area contributed by atoms with E-state index >= 15 is 52.7 Å². The standard InChI is InChI=1S/C105H140N22O21S/c1-11-13-31-84-98(141)115-75(42-58(3)4)95(138)121-82(93(136)111-52-89(108)131)56-149-57-90(132)113-78(44-61-35-37-64(128)38-36-61)101(144)122(8)60(7)92(135)117-80(48-88(107)130)103(146)126-41-23-34-85(126)99(142)120-81(51-109-50-70-68-26-16-20-29-72(68)112-73-30-21-17-27-69(70)73)97(140)118-77(43-59(5)6)104(147)127-54-65(129)47-87(127)100(143)116-76(45-62-49-110-71-28-19-15-24-66(62)71)96(139)114-74(39-40-106)94(137)119-79(102(145)124(10)86(32-14-12-2)105(148)123(84)9)46-63-53-125(55-91(133)134)83-33-22-18-25-67(63)83/h15-22,24-30,33,35-38,49,53,58-60,65,74-82,84-87,109-110,128-129H,11-14,23,31-32,34,39-48,50-52,54-57,106H2,1-10H3,(H2,107,130)(H2,108,131)(H,111,136)(H,113,132)(H,114,139)(H,115,141)(H,116,143)(H,117,135)(H,118,140)(H,119,137)(H,120,142)(H,121,138)(H,133,134)/t60-,65+,74-,75-,76-,77-,78-,79-,80-,81-,82-,84-,85-,86-,87-/m0/s1. The van der Waals surface area contributed by atoms with Gasteiger partial charge in [-0.15, -0.1) is 11.8 Å². The molecule has 8 aromatic rings. The summed E-state index contributed by atoms with van der Waals surface area (Å²) in [6.45, 7) is 9.58. The van der Waals surface area contributed by atoms with E-state index in [0.717, 1.165) is 47.7 Å². The number of likely N-dealkylation sites (N-methyl/N-ethyl adjacent to an activating group) is 3. The molecule has 802 valence electrons. The molecule has 3 fully saturated rings. The van der Waals surface area contributed by atoms with Gasteiger partial charge in [-0.1, -0.05) is 152 Å². The van der Waals surface area contributed by atoms with Gasteiger partial charge in [0.1, 0.15) is 96.9 Å². The molecule has 0 unspecified atom stereocenters. The number of carboxylic acids is 1. The molecule has 11 rings (SSSR count). The zero-order valence-electron chi connectivity index (χ0n) is 85.7. The summed E-state index contributed by atoms with van der Waals surface area (Å²) in [6.07, 6.45) is 0.803. The number of para-hydroxylation sites is 4. The summed E-state index contributed by atoms with van der Waals surface area (Å²) in [5, 5.41) is 65.4. The van der Waals surface area contributed by atoms with Crippen LogP contribution in [0.4, 0.5) is 0 Å². The van der Waals surface area contributed by atoms with Crippen LogP contribution in [0.15, 0.2) is 134 Å². The number of aliphatic hydroxyl groups is 1. The van der Waals surface area contributed by atoms with Crippen LogP contribution in [-0.4, -0.2) is 317 Å². The number of carboxylic acid groups (broad SMARTS) is 1. The summed E-state index contributed by atoms with van der Waals surface area (Å²) in [5.74, 6) is -18.8. The van der Waals surface area contributed by atoms with Crippen molar-refractivity contribution in [2.75, 3.05) is 65.4 Å². The molecule has 3 aliphatic rings. The largest absolute Gasteiger partial charge is 0.508 e. The number of aromatic nitrogens is 3. The number of amides is 17. The molecule has 43 nitrogen and oxygen atoms in total. The van der Waals surface area contributed by atoms with Crippen LogP contribution >= 0.6 is 11.8 Å². The first kappa shape index (κ1) is 115. The second kappa shape index (κ2) is 53.8. The minimum atomic E-state index is -1.80. The van der Waals surface area contributed by atoms with Gasteiger partial charge in [0, 0.05) is 124 Å². The van der Waals surface area contributed by atoms with Gasteiger partial charge in [-0.3, -0.25) is 86.3 Å². The lowest BCUT2D eigenvalue weighted by Crippen LogP contribution is -2.62. The van der Waals surface area contributed by atoms with Crippen molar-refractivity contribution in [1.82, 2.24) is 97.5 Å². The van der Waals surface area contributed by atoms with Crippen LogP contribution in [0.5, 0.6) is 5.75 Å². The summed E-state index contributed by atoms with van der Waals surface area (Å²) < 4.78 is 1.45. The predicted molar refractivity (Wildman–Crippen MR) is 557 cm³/mol. The normalized spacial score (nSPS) is 23.7. The van der Waals surface area contributed by atoms with Crippen molar-refractivity contribution in [1.29, 1.82) is 0 Å². The van der Waals surface area contributed by atoms with Gasteiger partial charge in [0.25, 0.3) is 0 Å². The van der Waals surface area contributed by atoms with Crippen LogP contribution < -0.4 is 75.7 Å². The minimum absolute atomic E-state index is 0.00227. The number of thioether (sulfide) groups is 1. The summed E-state index contributed by atoms with van der Waals surface area (Å²) in [5.41, 5.74) is 22.0. The Morgan fingerprint density at radius 1 is 0.530 bits per heavy atom. The molecule has 21 N–H and O–H groups in total. The molecular formula is C105H140N22O21S. The smallest absolute Gasteiger partial charge is 0.323 e. The number of nitrogens with two attached hydrogens (primary N) is 3. The molecule has 17 amide bonds. The Morgan fingerprint density at radius 2 is 1.07 bits per heavy atom. The van der Waals surface area contributed by atoms with E-state index in [2.05, 4.69) is 63.5 Å². The van der Waals surface area contributed by atoms with Crippen LogP contribution in [0.3, 0.4) is 0 Å². The number of primary amides is 2. The Bertz CT molecular complexity index is 6140. The zero-order chi connectivity index (χ0) is 108. The molecule has 3 aliphatic heterocycles. The fourth-order valence-corrected chi connectivity index (χ4v) is 20.1. The SMILES string of the molecule is CCCC[C@H]1C(=O)N(C)[C@@H](CCCC)C(=O)N[C@@H](CC(C)C)C(=O)N[C@H](C(=O)NCC(N)=O)CSCC(=O)N[C@@H](Cc2ccc(O)cc2)C(=O)N(C)[C@@H](C)C(=O)N[C@@H](CC(N)=O)C(=O)N2CCC[C@H]2C(=O)N[C@@H](CNCc2c3ccccc3nc3ccccc23)C(=O)N[C@@H](CC(C)C)C(=O)N2C[C@H](O)C[C@H]2C(=O)N[C@@H](Cc2c[nH]c3ccccc23)C(=O)N[C@@H](CCN)C(=O)N[C@@H](Cc2cn(CC(=O)O)c3ccccc23)C(=O)N1C. The Balaban J connectivity index is 0.983. The lowest BCUT2D eigenvalue weighted by atomic mass is 9.99. The highest BCUT2D eigenvalue weighted by Gasteiger charge is 2.47. The predicted octanol–water partition coefficient (Wildman–Crippen LogP) is 1.29. The highest BCUT2D eigenvalue weighted by atomic mass is 32.2. The summed E-state index contributed by atoms with van der Waals surface area (Å²) in [4.78, 5) is 281. The number of phenolic OH excluding ortho intramolecular Hbond substituents is 1. The summed E-state index contributed by atoms with van der Waals surface area (Å²) in [6, 6.07) is 12.4. The number of pyridine rings is 1. The van der Waals surface area contributed by atoms with Crippen LogP contribution in [0, 0.1) is 11.8 Å². The van der Waals surface area contributed by atoms with Gasteiger partial charge in [-0.05, 0) is 129 Å². The van der Waals surface area contributed by atoms with E-state index in [1.54, 1.807) is 82.4 Å². The molecule has 15 atom stereocenters. The number of nitrogens with one attached hydrogen (secondary N) is 12. The van der Waals surface area contributed by atoms with E-state index in [0.29, 0.717) is 75.2 Å². The lowest BCUT2D eigenvalue weighted by Gasteiger charge is -2.36. The Labute approximate surface area is 867 Å². The van der Waals surface area contributed by atoms with Gasteiger partial charge in [0.2, 0.25) is 100 Å². The summed E-state index contributed by atoms with van der Waals surface area (Å²) >= 11 is 0.787. The average molecular weight is 2080 g/mol. The average Bonchev–Trinajstić information content (AvgIpc) is 1.29. The molecule has 0 radical (unpaired) electrons. The number of H-pyrrole nitrogens is 1. The molecule has 149 heavy (non-hydrogen) atoms. The summed E-state index contributed by atoms with van der Waals surface area (Å²) in [7, 11) is 3.94. The first-order valence-electron chi connectivity index (χ1n) is 50.6. The number of aliphatic carboxylic acids is 1. The van der Waals surface area contributed by atoms with Crippen molar-refractivity contribution >= 4 is 162 Å². The molecule has 3 saturated heterocycles. The monoisotopic (exact) mass is 2080 g/mol. The highest BCUT2D eigenvalue weighted by molar-refractivity contribution is 8.00. The number of nitrogens with zero attached hydrogens (tertiary/aromatic N) is 7. The molecule has 3 aromatic heterocycles. The number of hydrogen-bond donors (Lipinski definition) is 18. The number of unbranched alkanes of at least 4 members (excludes halogenated alkanes) is 2. The fraction of sp³-hybridized carbons (Fsp3) is 0.495. The molecule has 0 spiro atoms. The van der Waals surface area contributed by atoms with E-state index in [-0.39, 0.29) is 102 Å². The topological polar surface area (TPSA) is 628 Å². The van der Waals surface area contributed by atoms with Crippen LogP contribution in [-0.2, 0) is 119 Å². The third-order valence-corrected chi connectivity index (χ3v) is 28.2. The molecule has 44 heteroatoms. The quantitative estimate of drug-likeness (QED) is 0.0294. The molecule has 6 heterocycles. The maximum atomic E-state index is 16.1. The van der Waals surface area contributed by atoms with Crippen molar-refractivity contribution in [3.05, 3.63) is 156 Å². The van der Waals surface area contributed by atoms with Gasteiger partial charge in [-0.2, -0.15) is 0 Å². The Morgan fingerprint density at radius 3 is 1.71 bits per heavy atom. The van der Waals surface area contributed by atoms with Crippen LogP contribution in [0.1, 0.15) is 154 Å². The fourth-order valence-electron chi connectivity index (χ4n) is 19.2. The van der Waals surface area contributed by atoms with Gasteiger partial charge in [-0.25, -0.2) is 4.98 Å². The maximum Gasteiger partial charge on any atom is 0.323 e. The van der Waals surface area contributed by atoms with Crippen molar-refractivity contribution < 1.29 is 102 Å². The number of aliphatic hydroxyl groups excluding tert-OH is 1. The number of rotatable bonds is 29. The molecule has 0 saturated carbocycles. The van der Waals surface area contributed by atoms with Gasteiger partial charge in [0.15, 0.2) is 0 Å². The number of aromatic amines is 1. The zero-order valence-corrected chi connectivity index (χ0v) is 86.5. The third-order valence-electron chi connectivity index (χ3n) is 27.2. The van der Waals surface area contributed by atoms with Crippen molar-refractivity contribution in [3.63, 3.8) is 0 Å². The van der Waals surface area contributed by atoms with E-state index in [9.17, 15) is 48.9 Å². The van der Waals surface area contributed by atoms with Gasteiger partial charge in [0.05, 0.1) is 35.9 Å². The molecule has 0 aliphatic carbocycles. The minimum Gasteiger partial charge on any atom is -0.508 e. The molecule has 5 aromatic carbocycles. The number of phenols is 1. The second-order valence-corrected chi connectivity index (χ2v) is 40.4. The number of carbonyl (C=O) groups is 18. The van der Waals surface area contributed by atoms with Crippen molar-refractivity contribution in [2.24, 2.45) is 29.0 Å². The number of benzene rings is 5. The first-order chi connectivity index (χ1) is 71.1. The third kappa shape index (κ3) is 30.6. The van der Waals surface area contributed by atoms with Gasteiger partial charge >= 0.3 is 5.97 Å². The van der Waals surface area contributed by atoms with Crippen LogP contribution in [0.25, 0.3) is 43.6 Å². The Hall–Kier alpha value is -14.7. The second-order valence-electron chi connectivity index (χ2n) is 39.3. The number of fused-ring (bicyclic) bond motifs is 6. The molecular weight excluding hydrogens is 1940 g/mol. The molecule has 0 bridgehead atoms. The van der Waals surface area contributed by atoms with Crippen LogP contribution in [0.2, 0.25) is 0 Å². The maximum absolute atomic E-state index is 16.1. The number of aromatic hydroxyl groups is 1. The van der Waals surface area contributed by atoms with Gasteiger partial charge < -0.3 is 125 Å². The van der Waals surface area contributed by atoms with E-state index in [1.807, 2.05) is 62.4 Å². The van der Waals surface area contributed by atoms with E-state index < -0.39 is 247 Å². The number of hydrogen-bond acceptors (Lipinski definition) is 24. The van der Waals surface area contributed by atoms with Crippen molar-refractivity contribution in [3.8, 4) is 5.75 Å². The lowest BCUT2D eigenvalue weighted by molar-refractivity contribution is -0.149. The Kier molecular flexibility index (Phi) is 41.4. The highest BCUT2D eigenvalue weighted by Crippen LogP contribution is 2.31.